The van der Waals surface area contributed by atoms with Crippen molar-refractivity contribution in [3.05, 3.63) is 154 Å². The summed E-state index contributed by atoms with van der Waals surface area (Å²) in [5.74, 6) is -2.12. The van der Waals surface area contributed by atoms with Crippen molar-refractivity contribution in [3.63, 3.8) is 0 Å². The van der Waals surface area contributed by atoms with Gasteiger partial charge in [-0.2, -0.15) is 0 Å². The fourth-order valence-corrected chi connectivity index (χ4v) is 7.71. The van der Waals surface area contributed by atoms with Crippen LogP contribution in [0.1, 0.15) is 67.5 Å². The predicted octanol–water partition coefficient (Wildman–Crippen LogP) is 9.37. The molecule has 0 aliphatic heterocycles. The van der Waals surface area contributed by atoms with Gasteiger partial charge in [-0.3, -0.25) is 0 Å². The molecule has 258 valence electrons. The number of aromatic carboxylic acids is 2. The van der Waals surface area contributed by atoms with E-state index in [4.69, 9.17) is 9.97 Å². The lowest BCUT2D eigenvalue weighted by molar-refractivity contribution is 0.0679. The summed E-state index contributed by atoms with van der Waals surface area (Å²) in [5, 5.41) is 23.9. The van der Waals surface area contributed by atoms with E-state index in [1.165, 1.54) is 22.3 Å². The van der Waals surface area contributed by atoms with Crippen molar-refractivity contribution in [2.45, 2.75) is 52.6 Å². The van der Waals surface area contributed by atoms with E-state index in [0.717, 1.165) is 55.0 Å². The van der Waals surface area contributed by atoms with E-state index in [2.05, 4.69) is 59.4 Å². The Hall–Kier alpha value is -6.28. The summed E-state index contributed by atoms with van der Waals surface area (Å²) in [6.45, 7) is 5.48. The Morgan fingerprint density at radius 1 is 0.538 bits per heavy atom. The molecule has 0 atom stereocenters. The van der Waals surface area contributed by atoms with Crippen LogP contribution in [0.4, 0.5) is 0 Å². The van der Waals surface area contributed by atoms with E-state index in [1.54, 1.807) is 12.1 Å². The molecule has 0 fully saturated rings. The Kier molecular flexibility index (Phi) is 8.51. The third-order valence-electron chi connectivity index (χ3n) is 10.3. The van der Waals surface area contributed by atoms with Crippen LogP contribution in [-0.2, 0) is 25.9 Å². The monoisotopic (exact) mass is 686 g/mol. The van der Waals surface area contributed by atoms with Crippen molar-refractivity contribution in [1.82, 2.24) is 19.1 Å². The van der Waals surface area contributed by atoms with Gasteiger partial charge in [0.2, 0.25) is 0 Å². The van der Waals surface area contributed by atoms with Crippen LogP contribution >= 0.6 is 0 Å². The van der Waals surface area contributed by atoms with Crippen LogP contribution in [0.3, 0.4) is 0 Å². The van der Waals surface area contributed by atoms with Gasteiger partial charge in [0.25, 0.3) is 0 Å². The van der Waals surface area contributed by atoms with Crippen molar-refractivity contribution in [3.8, 4) is 0 Å². The Bertz CT molecular complexity index is 2500. The number of carbonyl (C=O) groups is 2. The lowest BCUT2D eigenvalue weighted by atomic mass is 10.0. The molecule has 0 unspecified atom stereocenters. The number of pyridine rings is 2. The largest absolute Gasteiger partial charge is 0.477 e. The first-order valence-electron chi connectivity index (χ1n) is 17.7. The molecule has 0 saturated carbocycles. The number of carboxylic acids is 2. The zero-order valence-corrected chi connectivity index (χ0v) is 29.1. The van der Waals surface area contributed by atoms with Gasteiger partial charge in [0.15, 0.2) is 0 Å². The van der Waals surface area contributed by atoms with Crippen LogP contribution in [0.25, 0.3) is 43.6 Å². The maximum Gasteiger partial charge on any atom is 0.354 e. The minimum Gasteiger partial charge on any atom is -0.477 e. The number of rotatable bonds is 11. The predicted molar refractivity (Wildman–Crippen MR) is 206 cm³/mol. The maximum absolute atomic E-state index is 12.3. The number of para-hydroxylation sites is 2. The van der Waals surface area contributed by atoms with Gasteiger partial charge in [-0.25, -0.2) is 19.6 Å². The third kappa shape index (κ3) is 5.86. The van der Waals surface area contributed by atoms with E-state index < -0.39 is 11.9 Å². The highest BCUT2D eigenvalue weighted by Gasteiger charge is 2.22. The van der Waals surface area contributed by atoms with Crippen molar-refractivity contribution in [1.29, 1.82) is 0 Å². The average Bonchev–Trinajstić information content (AvgIpc) is 3.64. The molecule has 0 aliphatic carbocycles. The number of carboxylic acid groups (broad SMARTS) is 2. The molecule has 4 aromatic heterocycles. The summed E-state index contributed by atoms with van der Waals surface area (Å²) >= 11 is 0. The van der Waals surface area contributed by atoms with Crippen LogP contribution in [0, 0.1) is 13.8 Å². The third-order valence-corrected chi connectivity index (χ3v) is 10.3. The lowest BCUT2D eigenvalue weighted by Gasteiger charge is -2.14. The van der Waals surface area contributed by atoms with E-state index in [-0.39, 0.29) is 11.4 Å². The zero-order chi connectivity index (χ0) is 35.9. The summed E-state index contributed by atoms with van der Waals surface area (Å²) in [7, 11) is 0. The molecule has 8 heteroatoms. The number of nitrogens with zero attached hydrogens (tertiary/aromatic N) is 4. The van der Waals surface area contributed by atoms with Crippen molar-refractivity contribution in [2.24, 2.45) is 0 Å². The molecule has 0 spiro atoms. The first-order valence-corrected chi connectivity index (χ1v) is 17.7. The average molecular weight is 687 g/mol. The molecule has 4 aromatic carbocycles. The van der Waals surface area contributed by atoms with Crippen molar-refractivity contribution in [2.75, 3.05) is 0 Å². The SMILES string of the molecule is Cc1ccccc1Cn1c2ccccc2c2cc(C(=O)O)nc(CCCCc3nc(C(=O)O)cc4c5ccccc5n(Cc5ccccc5C)c34)c21. The summed E-state index contributed by atoms with van der Waals surface area (Å²) in [6, 6.07) is 36.3. The topological polar surface area (TPSA) is 110 Å². The minimum atomic E-state index is -1.06. The first-order chi connectivity index (χ1) is 25.3. The Morgan fingerprint density at radius 2 is 0.923 bits per heavy atom. The van der Waals surface area contributed by atoms with Crippen LogP contribution in [0.2, 0.25) is 0 Å². The van der Waals surface area contributed by atoms with Gasteiger partial charge >= 0.3 is 11.9 Å². The molecule has 0 saturated heterocycles. The van der Waals surface area contributed by atoms with Gasteiger partial charge in [-0.05, 0) is 86.1 Å². The number of fused-ring (bicyclic) bond motifs is 6. The second-order valence-corrected chi connectivity index (χ2v) is 13.6. The quantitative estimate of drug-likeness (QED) is 0.131. The summed E-state index contributed by atoms with van der Waals surface area (Å²) in [5.41, 5.74) is 10.2. The molecule has 0 amide bonds. The second-order valence-electron chi connectivity index (χ2n) is 13.6. The van der Waals surface area contributed by atoms with Gasteiger partial charge < -0.3 is 19.3 Å². The molecule has 2 N–H and O–H groups in total. The van der Waals surface area contributed by atoms with Gasteiger partial charge in [-0.1, -0.05) is 84.9 Å². The van der Waals surface area contributed by atoms with Crippen LogP contribution in [0.5, 0.6) is 0 Å². The highest BCUT2D eigenvalue weighted by Crippen LogP contribution is 2.35. The van der Waals surface area contributed by atoms with Crippen molar-refractivity contribution >= 4 is 55.6 Å². The zero-order valence-electron chi connectivity index (χ0n) is 29.1. The molecule has 8 rings (SSSR count). The number of benzene rings is 4. The molecule has 0 bridgehead atoms. The highest BCUT2D eigenvalue weighted by molar-refractivity contribution is 6.11. The van der Waals surface area contributed by atoms with Gasteiger partial charge in [0.1, 0.15) is 11.4 Å². The van der Waals surface area contributed by atoms with Crippen LogP contribution in [0.15, 0.2) is 109 Å². The van der Waals surface area contributed by atoms with Crippen molar-refractivity contribution < 1.29 is 19.8 Å². The van der Waals surface area contributed by atoms with Gasteiger partial charge in [-0.15, -0.1) is 0 Å². The second kappa shape index (κ2) is 13.5. The molecule has 0 aliphatic rings. The molecule has 0 radical (unpaired) electrons. The number of aryl methyl sites for hydroxylation is 4. The number of hydrogen-bond acceptors (Lipinski definition) is 4. The summed E-state index contributed by atoms with van der Waals surface area (Å²) in [6.07, 6.45) is 2.51. The van der Waals surface area contributed by atoms with Gasteiger partial charge in [0, 0.05) is 45.7 Å². The fourth-order valence-electron chi connectivity index (χ4n) is 7.71. The molecule has 4 heterocycles. The molecule has 52 heavy (non-hydrogen) atoms. The number of unbranched alkanes of at least 4 members (excludes halogenated alkanes) is 1. The van der Waals surface area contributed by atoms with E-state index in [9.17, 15) is 19.8 Å². The highest BCUT2D eigenvalue weighted by atomic mass is 16.4. The normalized spacial score (nSPS) is 11.7. The summed E-state index contributed by atoms with van der Waals surface area (Å²) in [4.78, 5) is 34.1. The van der Waals surface area contributed by atoms with Crippen LogP contribution < -0.4 is 0 Å². The fraction of sp³-hybridized carbons (Fsp3) is 0.182. The van der Waals surface area contributed by atoms with Crippen LogP contribution in [-0.4, -0.2) is 41.3 Å². The summed E-state index contributed by atoms with van der Waals surface area (Å²) < 4.78 is 4.54. The molecule has 8 nitrogen and oxygen atoms in total. The Balaban J connectivity index is 1.18. The van der Waals surface area contributed by atoms with E-state index in [1.807, 2.05) is 60.7 Å². The Labute approximate surface area is 300 Å². The maximum atomic E-state index is 12.3. The van der Waals surface area contributed by atoms with E-state index in [0.29, 0.717) is 38.8 Å². The first kappa shape index (κ1) is 32.9. The molecular weight excluding hydrogens is 649 g/mol. The Morgan fingerprint density at radius 3 is 1.33 bits per heavy atom. The minimum absolute atomic E-state index is 0.0274. The lowest BCUT2D eigenvalue weighted by Crippen LogP contribution is -2.09. The number of hydrogen-bond donors (Lipinski definition) is 2. The number of aromatic nitrogens is 4. The molecular formula is C44H38N4O4. The standard InChI is InChI=1S/C44H38N4O4/c1-27-13-3-5-15-29(27)25-47-39-21-11-7-17-31(39)33-23-37(43(49)50)45-35(41(33)47)19-9-10-20-36-42-34(24-38(46-36)44(51)52)32-18-8-12-22-40(32)48(42)26-30-16-6-4-14-28(30)2/h3-8,11-18,21-24H,9-10,19-20,25-26H2,1-2H3,(H,49,50)(H,51,52). The van der Waals surface area contributed by atoms with E-state index >= 15 is 0 Å². The van der Waals surface area contributed by atoms with Gasteiger partial charge in [0.05, 0.1) is 22.4 Å². The smallest absolute Gasteiger partial charge is 0.354 e. The molecule has 8 aromatic rings.